The lowest BCUT2D eigenvalue weighted by Crippen LogP contribution is -2.44. The van der Waals surface area contributed by atoms with Gasteiger partial charge in [-0.3, -0.25) is 4.79 Å². The van der Waals surface area contributed by atoms with Crippen LogP contribution in [0.3, 0.4) is 0 Å². The van der Waals surface area contributed by atoms with E-state index in [0.717, 1.165) is 38.3 Å². The Hall–Kier alpha value is -1.18. The lowest BCUT2D eigenvalue weighted by atomic mass is 9.98. The van der Waals surface area contributed by atoms with Crippen molar-refractivity contribution in [2.24, 2.45) is 11.8 Å². The molecule has 138 valence electrons. The first-order valence-electron chi connectivity index (χ1n) is 8.54. The Morgan fingerprint density at radius 3 is 2.76 bits per heavy atom. The molecule has 3 rings (SSSR count). The number of piperidine rings is 1. The van der Waals surface area contributed by atoms with E-state index >= 15 is 0 Å². The van der Waals surface area contributed by atoms with Gasteiger partial charge in [-0.05, 0) is 43.7 Å². The van der Waals surface area contributed by atoms with Crippen molar-refractivity contribution in [3.8, 4) is 0 Å². The molecule has 1 aliphatic heterocycles. The number of benzene rings is 1. The minimum Gasteiger partial charge on any atom is -0.342 e. The van der Waals surface area contributed by atoms with Gasteiger partial charge >= 0.3 is 0 Å². The summed E-state index contributed by atoms with van der Waals surface area (Å²) in [5, 5.41) is 0.231. The molecule has 1 amide bonds. The number of amides is 1. The van der Waals surface area contributed by atoms with Gasteiger partial charge in [0.05, 0.1) is 5.75 Å². The van der Waals surface area contributed by atoms with Crippen LogP contribution in [0, 0.1) is 17.7 Å². The van der Waals surface area contributed by atoms with Crippen LogP contribution in [0.1, 0.15) is 31.2 Å². The molecular weight excluding hydrogens is 367 g/mol. The Labute approximate surface area is 152 Å². The van der Waals surface area contributed by atoms with Crippen molar-refractivity contribution < 1.29 is 17.6 Å². The standard InChI is InChI=1S/C17H22ClFN2O3S/c18-15-6-5-14(16(19)8-15)11-25(23,24)20-9-12-2-1-7-21(10-12)17(22)13-3-4-13/h5-6,8,12-13,20H,1-4,7,9-11H2/t12-/m1/s1. The van der Waals surface area contributed by atoms with Gasteiger partial charge in [0.25, 0.3) is 0 Å². The molecule has 2 fully saturated rings. The third kappa shape index (κ3) is 5.15. The predicted octanol–water partition coefficient (Wildman–Crippen LogP) is 2.55. The SMILES string of the molecule is O=C(C1CC1)N1CCC[C@H](CNS(=O)(=O)Cc2ccc(Cl)cc2F)C1. The van der Waals surface area contributed by atoms with Gasteiger partial charge in [0, 0.05) is 36.1 Å². The minimum atomic E-state index is -3.65. The summed E-state index contributed by atoms with van der Waals surface area (Å²) < 4.78 is 40.8. The molecule has 8 heteroatoms. The summed E-state index contributed by atoms with van der Waals surface area (Å²) in [5.74, 6) is -0.565. The number of likely N-dealkylation sites (tertiary alicyclic amines) is 1. The molecule has 1 saturated heterocycles. The van der Waals surface area contributed by atoms with E-state index in [9.17, 15) is 17.6 Å². The van der Waals surface area contributed by atoms with Crippen LogP contribution in [-0.4, -0.2) is 38.9 Å². The molecule has 1 aromatic carbocycles. The average molecular weight is 389 g/mol. The van der Waals surface area contributed by atoms with Crippen molar-refractivity contribution in [2.75, 3.05) is 19.6 Å². The monoisotopic (exact) mass is 388 g/mol. The Balaban J connectivity index is 1.53. The van der Waals surface area contributed by atoms with Crippen molar-refractivity contribution in [2.45, 2.75) is 31.4 Å². The van der Waals surface area contributed by atoms with Crippen molar-refractivity contribution in [1.29, 1.82) is 0 Å². The lowest BCUT2D eigenvalue weighted by molar-refractivity contribution is -0.134. The third-order valence-electron chi connectivity index (χ3n) is 4.71. The molecule has 1 atom stereocenters. The number of hydrogen-bond donors (Lipinski definition) is 1. The Morgan fingerprint density at radius 1 is 1.32 bits per heavy atom. The highest BCUT2D eigenvalue weighted by atomic mass is 35.5. The van der Waals surface area contributed by atoms with E-state index in [4.69, 9.17) is 11.6 Å². The minimum absolute atomic E-state index is 0.0890. The quantitative estimate of drug-likeness (QED) is 0.814. The maximum Gasteiger partial charge on any atom is 0.225 e. The molecule has 0 bridgehead atoms. The van der Waals surface area contributed by atoms with Gasteiger partial charge in [0.1, 0.15) is 5.82 Å². The van der Waals surface area contributed by atoms with E-state index in [1.807, 2.05) is 4.90 Å². The second-order valence-corrected chi connectivity index (χ2v) is 9.15. The molecule has 0 radical (unpaired) electrons. The highest BCUT2D eigenvalue weighted by Gasteiger charge is 2.35. The molecule has 1 saturated carbocycles. The first-order valence-corrected chi connectivity index (χ1v) is 10.6. The van der Waals surface area contributed by atoms with Crippen LogP contribution in [0.4, 0.5) is 4.39 Å². The van der Waals surface area contributed by atoms with Crippen molar-refractivity contribution in [3.63, 3.8) is 0 Å². The highest BCUT2D eigenvalue weighted by Crippen LogP contribution is 2.32. The molecule has 1 heterocycles. The Bertz CT molecular complexity index is 752. The molecule has 25 heavy (non-hydrogen) atoms. The summed E-state index contributed by atoms with van der Waals surface area (Å²) >= 11 is 5.68. The number of nitrogens with one attached hydrogen (secondary N) is 1. The van der Waals surface area contributed by atoms with Crippen LogP contribution in [0.15, 0.2) is 18.2 Å². The van der Waals surface area contributed by atoms with Crippen LogP contribution in [0.25, 0.3) is 0 Å². The zero-order valence-electron chi connectivity index (χ0n) is 13.9. The summed E-state index contributed by atoms with van der Waals surface area (Å²) in [6.07, 6.45) is 3.71. The number of carbonyl (C=O) groups excluding carboxylic acids is 1. The Kier molecular flexibility index (Phi) is 5.65. The number of halogens is 2. The first kappa shape index (κ1) is 18.6. The predicted molar refractivity (Wildman–Crippen MR) is 94.1 cm³/mol. The molecule has 5 nitrogen and oxygen atoms in total. The zero-order chi connectivity index (χ0) is 18.0. The fourth-order valence-corrected chi connectivity index (χ4v) is 4.55. The molecule has 0 aromatic heterocycles. The second-order valence-electron chi connectivity index (χ2n) is 6.91. The molecule has 2 aliphatic rings. The summed E-state index contributed by atoms with van der Waals surface area (Å²) in [6.45, 7) is 1.62. The van der Waals surface area contributed by atoms with Gasteiger partial charge in [-0.2, -0.15) is 0 Å². The van der Waals surface area contributed by atoms with Crippen LogP contribution < -0.4 is 4.72 Å². The number of sulfonamides is 1. The topological polar surface area (TPSA) is 66.5 Å². The largest absolute Gasteiger partial charge is 0.342 e. The van der Waals surface area contributed by atoms with Gasteiger partial charge in [0.15, 0.2) is 0 Å². The Morgan fingerprint density at radius 2 is 2.08 bits per heavy atom. The lowest BCUT2D eigenvalue weighted by Gasteiger charge is -2.33. The van der Waals surface area contributed by atoms with Gasteiger partial charge in [0.2, 0.25) is 15.9 Å². The number of carbonyl (C=O) groups is 1. The van der Waals surface area contributed by atoms with E-state index in [1.165, 1.54) is 12.1 Å². The first-order chi connectivity index (χ1) is 11.8. The molecule has 1 aliphatic carbocycles. The van der Waals surface area contributed by atoms with Gasteiger partial charge in [-0.1, -0.05) is 17.7 Å². The highest BCUT2D eigenvalue weighted by molar-refractivity contribution is 7.88. The fraction of sp³-hybridized carbons (Fsp3) is 0.588. The van der Waals surface area contributed by atoms with Crippen molar-refractivity contribution in [3.05, 3.63) is 34.6 Å². The zero-order valence-corrected chi connectivity index (χ0v) is 15.5. The van der Waals surface area contributed by atoms with E-state index in [1.54, 1.807) is 0 Å². The van der Waals surface area contributed by atoms with Crippen LogP contribution in [0.2, 0.25) is 5.02 Å². The van der Waals surface area contributed by atoms with Gasteiger partial charge < -0.3 is 4.90 Å². The molecule has 0 spiro atoms. The van der Waals surface area contributed by atoms with Crippen LogP contribution in [-0.2, 0) is 20.6 Å². The molecule has 0 unspecified atom stereocenters. The summed E-state index contributed by atoms with van der Waals surface area (Å²) in [6, 6.07) is 3.96. The van der Waals surface area contributed by atoms with Crippen LogP contribution in [0.5, 0.6) is 0 Å². The molecular formula is C17H22ClFN2O3S. The average Bonchev–Trinajstić information content (AvgIpc) is 3.40. The van der Waals surface area contributed by atoms with E-state index < -0.39 is 21.6 Å². The summed E-state index contributed by atoms with van der Waals surface area (Å²) in [5.41, 5.74) is 0.0890. The normalized spacial score (nSPS) is 21.4. The molecule has 1 aromatic rings. The molecule has 1 N–H and O–H groups in total. The van der Waals surface area contributed by atoms with E-state index in [2.05, 4.69) is 4.72 Å². The number of nitrogens with zero attached hydrogens (tertiary/aromatic N) is 1. The maximum absolute atomic E-state index is 13.8. The smallest absolute Gasteiger partial charge is 0.225 e. The summed E-state index contributed by atoms with van der Waals surface area (Å²) in [4.78, 5) is 14.0. The third-order valence-corrected chi connectivity index (χ3v) is 6.24. The fourth-order valence-electron chi connectivity index (χ4n) is 3.16. The van der Waals surface area contributed by atoms with Gasteiger partial charge in [-0.25, -0.2) is 17.5 Å². The number of hydrogen-bond acceptors (Lipinski definition) is 3. The van der Waals surface area contributed by atoms with Crippen molar-refractivity contribution >= 4 is 27.5 Å². The second kappa shape index (κ2) is 7.60. The van der Waals surface area contributed by atoms with E-state index in [0.29, 0.717) is 6.54 Å². The van der Waals surface area contributed by atoms with Gasteiger partial charge in [-0.15, -0.1) is 0 Å². The summed E-state index contributed by atoms with van der Waals surface area (Å²) in [7, 11) is -3.65. The van der Waals surface area contributed by atoms with E-state index in [-0.39, 0.29) is 34.9 Å². The van der Waals surface area contributed by atoms with Crippen molar-refractivity contribution in [1.82, 2.24) is 9.62 Å². The maximum atomic E-state index is 13.8. The van der Waals surface area contributed by atoms with Crippen LogP contribution >= 0.6 is 11.6 Å². The number of rotatable bonds is 6.